The number of fused-ring (bicyclic) bond motifs is 3. The third-order valence-electron chi connectivity index (χ3n) is 30.0. The molecule has 4 heterocycles. The van der Waals surface area contributed by atoms with Crippen LogP contribution in [0.25, 0.3) is 0 Å². The molecule has 828 valence electrons. The van der Waals surface area contributed by atoms with Crippen LogP contribution in [0.5, 0.6) is 0 Å². The van der Waals surface area contributed by atoms with Gasteiger partial charge < -0.3 is 103 Å². The number of likely N-dealkylation sites (tertiary alicyclic amines) is 3. The summed E-state index contributed by atoms with van der Waals surface area (Å²) in [6, 6.07) is 6.06. The molecule has 0 spiro atoms. The van der Waals surface area contributed by atoms with Gasteiger partial charge in [0, 0.05) is 70.0 Å². The maximum Gasteiger partial charge on any atom is 0.335 e. The topological polar surface area (TPSA) is 506 Å². The van der Waals surface area contributed by atoms with Crippen LogP contribution in [0.2, 0.25) is 0 Å². The first kappa shape index (κ1) is 121. The summed E-state index contributed by atoms with van der Waals surface area (Å²) < 4.78 is 93.9. The number of carboxylic acid groups (broad SMARTS) is 3. The van der Waals surface area contributed by atoms with Gasteiger partial charge in [-0.3, -0.25) is 43.2 Å². The average Bonchev–Trinajstić information content (AvgIpc) is 1.52. The summed E-state index contributed by atoms with van der Waals surface area (Å²) in [5.74, 6) is -12.2. The van der Waals surface area contributed by atoms with Crippen LogP contribution in [-0.2, 0) is 81.5 Å². The summed E-state index contributed by atoms with van der Waals surface area (Å²) in [6.07, 6.45) is -1.77. The number of amides is 15. The number of hydrogen-bond donors (Lipinski definition) is 15. The fraction of sp³-hybridized carbons (Fsp3) is 0.682. The van der Waals surface area contributed by atoms with Crippen molar-refractivity contribution in [3.8, 4) is 0 Å². The van der Waals surface area contributed by atoms with Crippen LogP contribution >= 0.6 is 0 Å². The molecule has 4 aliphatic carbocycles. The third-order valence-corrected chi connectivity index (χ3v) is 30.0. The van der Waals surface area contributed by atoms with E-state index in [1.807, 2.05) is 99.6 Å². The Bertz CT molecular complexity index is 5200. The Morgan fingerprint density at radius 1 is 0.436 bits per heavy atom. The predicted octanol–water partition coefficient (Wildman–Crippen LogP) is 11.1. The minimum atomic E-state index is -2.94. The van der Waals surface area contributed by atoms with Gasteiger partial charge in [-0.2, -0.15) is 0 Å². The van der Waals surface area contributed by atoms with Gasteiger partial charge in [-0.05, 0) is 197 Å². The van der Waals surface area contributed by atoms with E-state index in [0.29, 0.717) is 43.4 Å². The zero-order valence-electron chi connectivity index (χ0n) is 89.3. The van der Waals surface area contributed by atoms with Crippen molar-refractivity contribution in [2.75, 3.05) is 39.3 Å². The fourth-order valence-electron chi connectivity index (χ4n) is 21.7. The number of esters is 1. The second kappa shape index (κ2) is 50.8. The maximum absolute atomic E-state index is 14.7. The summed E-state index contributed by atoms with van der Waals surface area (Å²) in [6.45, 7) is 37.0. The smallest absolute Gasteiger partial charge is 0.335 e. The van der Waals surface area contributed by atoms with Crippen LogP contribution in [0.1, 0.15) is 266 Å². The highest BCUT2D eigenvalue weighted by Crippen LogP contribution is 2.66. The number of ether oxygens (including phenoxy) is 2. The molecule has 3 aromatic rings. The Balaban J connectivity index is 0.000000250. The molecule has 0 aromatic heterocycles. The summed E-state index contributed by atoms with van der Waals surface area (Å²) in [5, 5.41) is 59.5. The summed E-state index contributed by atoms with van der Waals surface area (Å²) in [4.78, 5) is 215. The van der Waals surface area contributed by atoms with Gasteiger partial charge in [0.05, 0.1) is 22.8 Å². The largest absolute Gasteiger partial charge is 0.480 e. The normalized spacial score (nSPS) is 22.8. The van der Waals surface area contributed by atoms with E-state index in [-0.39, 0.29) is 109 Å². The van der Waals surface area contributed by atoms with Crippen molar-refractivity contribution in [1.82, 2.24) is 78.5 Å². The second-order valence-corrected chi connectivity index (χ2v) is 46.9. The number of aliphatic carboxylic acids is 1. The molecular weight excluding hydrogens is 1950 g/mol. The zero-order chi connectivity index (χ0) is 111. The Labute approximate surface area is 868 Å². The van der Waals surface area contributed by atoms with Crippen LogP contribution in [0, 0.1) is 69.0 Å². The van der Waals surface area contributed by atoms with Gasteiger partial charge in [0.2, 0.25) is 72.4 Å². The monoisotopic (exact) mass is 2100 g/mol. The van der Waals surface area contributed by atoms with Gasteiger partial charge in [-0.25, -0.2) is 59.9 Å². The van der Waals surface area contributed by atoms with Crippen LogP contribution in [0.15, 0.2) is 78.9 Å². The van der Waals surface area contributed by atoms with Crippen LogP contribution < -0.4 is 63.8 Å². The first-order valence-electron chi connectivity index (χ1n) is 51.9. The zero-order valence-corrected chi connectivity index (χ0v) is 89.3. The molecule has 4 aliphatic heterocycles. The lowest BCUT2D eigenvalue weighted by Gasteiger charge is -2.39. The molecule has 15 amide bonds. The van der Waals surface area contributed by atoms with Gasteiger partial charge in [-0.15, -0.1) is 0 Å². The number of alkyl halides is 6. The fourth-order valence-corrected chi connectivity index (χ4v) is 21.7. The minimum absolute atomic E-state index is 0.0104. The van der Waals surface area contributed by atoms with E-state index < -0.39 is 240 Å². The van der Waals surface area contributed by atoms with E-state index in [9.17, 15) is 108 Å². The molecule has 149 heavy (non-hydrogen) atoms. The number of nitrogens with one attached hydrogen (secondary N) is 12. The lowest BCUT2D eigenvalue weighted by Crippen LogP contribution is -2.62. The highest BCUT2D eigenvalue weighted by molar-refractivity contribution is 5.99. The summed E-state index contributed by atoms with van der Waals surface area (Å²) in [5.41, 5.74) is -1.33. The number of aromatic carboxylic acids is 2. The Kier molecular flexibility index (Phi) is 41.2. The van der Waals surface area contributed by atoms with Crippen molar-refractivity contribution in [3.63, 3.8) is 0 Å². The SMILES string of the molecule is CC(C)[C@H](NC(=O)N[C@H](C(=O)N1CC2C([C@H]1C(=O)NC(CC(F)F)C(=O)NCCc1ccc(C(=O)O)cc1)C2(C)C)C(C)(C)C)C(=O)O.CC(C)[C@H](NC(=O)N[C@H](C(=O)N1C[C@@H]2OC(C)(C)C[C@@H]2[C@H]1C(=O)N[C@@H](CC(F)F)C(=O)NCCc1ccc(C(=O)O)cc1)C1CCCCC1)C(=O)OC(C)(C)C.CC1(NC(=O)N[C@H](C(=O)N2CC3C([C@H]2C(=O)NC(CC(F)F)C(=O)NCCc2ccccc2)C3(C)C)C(C)(C)C)CCCCC1. The quantitative estimate of drug-likeness (QED) is 0.0186. The van der Waals surface area contributed by atoms with Gasteiger partial charge in [0.25, 0.3) is 0 Å². The number of urea groups is 3. The lowest BCUT2D eigenvalue weighted by atomic mass is 9.83. The number of carbonyl (C=O) groups is 16. The molecule has 0 radical (unpaired) electrons. The van der Waals surface area contributed by atoms with E-state index in [1.165, 1.54) is 39.0 Å². The molecule has 4 saturated carbocycles. The first-order chi connectivity index (χ1) is 69.3. The molecule has 42 heteroatoms. The molecule has 36 nitrogen and oxygen atoms in total. The number of hydrogen-bond acceptors (Lipinski definition) is 18. The number of benzene rings is 3. The standard InChI is InChI=1S/C40H59F2N5O9.C34H51F2N5O4.C33H47F2N5O8/c1-22(2)30(37(53)56-39(3,4)5)45-38(54)46-31(24-11-9-8-10-12-24)35(50)47-21-28-26(20-40(6,7)55-28)32(47)34(49)44-27(19-29(41)42)33(48)43-18-17-23-13-15-25(16-14-23)36(51)52;1-32(2,3)27(39-31(45)40-34(6)16-11-8-12-17-34)30(44)41-20-22-25(33(22,4)5)26(41)29(43)38-23(19-24(35)36)28(42)37-18-15-21-13-9-7-10-14-21;1-16(2)23(30(46)47)38-31(48)39-25(32(3,4)5)28(43)40-15-19-22(33(19,6)7)24(40)27(42)37-20(14-21(34)35)26(41)36-13-12-17-8-10-18(11-9-17)29(44)45/h13-16,22,24,26-32H,8-12,17-21H2,1-7H3,(H,43,48)(H,44,49)(H,51,52)(H2,45,46,54);7,9-10,13-14,22-27H,8,11-12,15-20H2,1-6H3,(H,37,42)(H,38,43)(H2,39,40,45);8-11,16,19-25H,12-15H2,1-7H3,(H,36,41)(H,37,42)(H,44,45)(H,46,47)(H2,38,39,48)/t26-,27-,28-,30-,31-,32-;22?,23?,25?,26-,27+;19?,20?,22?,23-,24-,25+/m000/s1. The molecule has 11 rings (SSSR count). The molecule has 0 bridgehead atoms. The summed E-state index contributed by atoms with van der Waals surface area (Å²) >= 11 is 0. The minimum Gasteiger partial charge on any atom is -0.480 e. The van der Waals surface area contributed by atoms with Gasteiger partial charge in [0.1, 0.15) is 72.1 Å². The van der Waals surface area contributed by atoms with Crippen molar-refractivity contribution in [2.45, 2.75) is 356 Å². The molecule has 3 aromatic carbocycles. The van der Waals surface area contributed by atoms with Crippen molar-refractivity contribution < 1.29 is 128 Å². The highest BCUT2D eigenvalue weighted by Gasteiger charge is 2.72. The summed E-state index contributed by atoms with van der Waals surface area (Å²) in [7, 11) is 0. The number of halogens is 6. The lowest BCUT2D eigenvalue weighted by molar-refractivity contribution is -0.158. The van der Waals surface area contributed by atoms with E-state index >= 15 is 0 Å². The van der Waals surface area contributed by atoms with Crippen molar-refractivity contribution in [1.29, 1.82) is 0 Å². The Morgan fingerprint density at radius 2 is 0.805 bits per heavy atom. The van der Waals surface area contributed by atoms with Gasteiger partial charge >= 0.3 is 42.0 Å². The number of nitrogens with zero attached hydrogens (tertiary/aromatic N) is 3. The number of carboxylic acids is 3. The van der Waals surface area contributed by atoms with Crippen molar-refractivity contribution >= 4 is 95.1 Å². The first-order valence-corrected chi connectivity index (χ1v) is 51.9. The molecule has 15 N–H and O–H groups in total. The van der Waals surface area contributed by atoms with E-state index in [4.69, 9.17) is 19.7 Å². The number of rotatable bonds is 40. The second-order valence-electron chi connectivity index (χ2n) is 46.9. The van der Waals surface area contributed by atoms with E-state index in [1.54, 1.807) is 93.5 Å². The number of carbonyl (C=O) groups excluding carboxylic acids is 13. The van der Waals surface area contributed by atoms with Crippen LogP contribution in [-0.4, -0.2) is 273 Å². The van der Waals surface area contributed by atoms with Crippen molar-refractivity contribution in [2.24, 2.45) is 69.0 Å². The van der Waals surface area contributed by atoms with Crippen LogP contribution in [0.3, 0.4) is 0 Å². The molecule has 17 atom stereocenters. The average molecular weight is 2100 g/mol. The van der Waals surface area contributed by atoms with E-state index in [2.05, 4.69) is 63.8 Å². The van der Waals surface area contributed by atoms with Gasteiger partial charge in [-0.1, -0.05) is 190 Å². The highest BCUT2D eigenvalue weighted by atomic mass is 19.3. The molecular formula is C107H157F6N15O21. The molecule has 4 saturated heterocycles. The van der Waals surface area contributed by atoms with E-state index in [0.717, 1.165) is 56.9 Å². The Morgan fingerprint density at radius 3 is 1.18 bits per heavy atom. The van der Waals surface area contributed by atoms with Crippen LogP contribution in [0.4, 0.5) is 40.7 Å². The third kappa shape index (κ3) is 33.1. The molecule has 8 aliphatic rings. The maximum atomic E-state index is 14.7. The van der Waals surface area contributed by atoms with Crippen molar-refractivity contribution in [3.05, 3.63) is 107 Å². The molecule has 8 fully saturated rings. The predicted molar refractivity (Wildman–Crippen MR) is 540 cm³/mol. The van der Waals surface area contributed by atoms with Gasteiger partial charge in [0.15, 0.2) is 0 Å². The molecule has 6 unspecified atom stereocenters. The Hall–Kier alpha value is -11.9. The number of piperidine rings is 2.